The molecule has 0 atom stereocenters. The predicted molar refractivity (Wildman–Crippen MR) is 78.2 cm³/mol. The molecular weight excluding hydrogens is 288 g/mol. The van der Waals surface area contributed by atoms with Crippen LogP contribution in [0.4, 0.5) is 0 Å². The number of benzene rings is 2. The van der Waals surface area contributed by atoms with Crippen LogP contribution in [0.1, 0.15) is 0 Å². The van der Waals surface area contributed by atoms with E-state index >= 15 is 0 Å². The van der Waals surface area contributed by atoms with Gasteiger partial charge in [-0.2, -0.15) is 0 Å². The van der Waals surface area contributed by atoms with Crippen molar-refractivity contribution in [2.45, 2.75) is 6.48 Å². The predicted octanol–water partition coefficient (Wildman–Crippen LogP) is 2.62. The molecule has 2 aromatic rings. The maximum absolute atomic E-state index is 10.6. The van der Waals surface area contributed by atoms with E-state index in [1.54, 1.807) is 62.8 Å². The normalized spacial score (nSPS) is 9.95. The van der Waals surface area contributed by atoms with Gasteiger partial charge in [0.1, 0.15) is 23.0 Å². The molecule has 0 aliphatic carbocycles. The maximum atomic E-state index is 10.6. The number of rotatable bonds is 8. The average molecular weight is 304 g/mol. The fourth-order valence-electron chi connectivity index (χ4n) is 1.66. The van der Waals surface area contributed by atoms with E-state index < -0.39 is 6.48 Å². The number of ether oxygens (including phenoxy) is 5. The molecule has 0 amide bonds. The van der Waals surface area contributed by atoms with E-state index in [1.807, 2.05) is 0 Å². The molecular formula is C16H16O6. The first kappa shape index (κ1) is 15.5. The SMILES string of the molecule is COc1ccc(OC(OC=O)Oc2ccc(OC)cc2)cc1. The summed E-state index contributed by atoms with van der Waals surface area (Å²) in [6.45, 7) is -0.933. The van der Waals surface area contributed by atoms with Crippen LogP contribution in [0.15, 0.2) is 48.5 Å². The first-order valence-corrected chi connectivity index (χ1v) is 6.45. The lowest BCUT2D eigenvalue weighted by atomic mass is 10.3. The standard InChI is InChI=1S/C16H16O6/c1-18-12-3-7-14(8-4-12)21-16(20-11-17)22-15-9-5-13(19-2)6-10-15/h3-11,16H,1-2H3. The largest absolute Gasteiger partial charge is 0.497 e. The second kappa shape index (κ2) is 7.78. The van der Waals surface area contributed by atoms with Gasteiger partial charge in [0.2, 0.25) is 0 Å². The molecule has 6 heteroatoms. The summed E-state index contributed by atoms with van der Waals surface area (Å²) >= 11 is 0. The molecule has 0 unspecified atom stereocenters. The zero-order chi connectivity index (χ0) is 15.8. The van der Waals surface area contributed by atoms with Crippen LogP contribution in [-0.4, -0.2) is 27.2 Å². The summed E-state index contributed by atoms with van der Waals surface area (Å²) in [5.74, 6) is 2.33. The molecule has 0 heterocycles. The summed E-state index contributed by atoms with van der Waals surface area (Å²) in [4.78, 5) is 10.6. The van der Waals surface area contributed by atoms with E-state index in [1.165, 1.54) is 0 Å². The van der Waals surface area contributed by atoms with Crippen LogP contribution in [0.3, 0.4) is 0 Å². The second-order valence-corrected chi connectivity index (χ2v) is 4.11. The topological polar surface area (TPSA) is 63.2 Å². The van der Waals surface area contributed by atoms with Gasteiger partial charge in [-0.15, -0.1) is 0 Å². The van der Waals surface area contributed by atoms with Gasteiger partial charge >= 0.3 is 6.48 Å². The van der Waals surface area contributed by atoms with Crippen LogP contribution in [-0.2, 0) is 9.53 Å². The Hall–Kier alpha value is -2.89. The highest BCUT2D eigenvalue weighted by Crippen LogP contribution is 2.21. The number of carbonyl (C=O) groups is 1. The van der Waals surface area contributed by atoms with Gasteiger partial charge in [0.05, 0.1) is 14.2 Å². The number of carbonyl (C=O) groups excluding carboxylic acids is 1. The molecule has 0 aliphatic rings. The Morgan fingerprint density at radius 1 is 0.727 bits per heavy atom. The zero-order valence-electron chi connectivity index (χ0n) is 12.2. The highest BCUT2D eigenvalue weighted by atomic mass is 16.8. The fourth-order valence-corrected chi connectivity index (χ4v) is 1.66. The quantitative estimate of drug-likeness (QED) is 0.552. The minimum atomic E-state index is -1.20. The maximum Gasteiger partial charge on any atom is 0.408 e. The van der Waals surface area contributed by atoms with Gasteiger partial charge in [-0.3, -0.25) is 4.79 Å². The van der Waals surface area contributed by atoms with Crippen molar-refractivity contribution in [1.82, 2.24) is 0 Å². The Labute approximate surface area is 128 Å². The van der Waals surface area contributed by atoms with E-state index in [0.717, 1.165) is 0 Å². The molecule has 2 aromatic carbocycles. The number of methoxy groups -OCH3 is 2. The molecule has 0 saturated carbocycles. The van der Waals surface area contributed by atoms with Gasteiger partial charge < -0.3 is 23.7 Å². The van der Waals surface area contributed by atoms with Gasteiger partial charge in [0.25, 0.3) is 6.47 Å². The van der Waals surface area contributed by atoms with Gasteiger partial charge in [-0.1, -0.05) is 0 Å². The lowest BCUT2D eigenvalue weighted by Gasteiger charge is -2.18. The van der Waals surface area contributed by atoms with E-state index in [9.17, 15) is 4.79 Å². The molecule has 22 heavy (non-hydrogen) atoms. The van der Waals surface area contributed by atoms with Crippen molar-refractivity contribution in [3.8, 4) is 23.0 Å². The Balaban J connectivity index is 2.02. The molecule has 0 fully saturated rings. The number of hydrogen-bond acceptors (Lipinski definition) is 6. The van der Waals surface area contributed by atoms with E-state index in [-0.39, 0.29) is 6.47 Å². The first-order valence-electron chi connectivity index (χ1n) is 6.45. The zero-order valence-corrected chi connectivity index (χ0v) is 12.2. The lowest BCUT2D eigenvalue weighted by Crippen LogP contribution is -2.26. The summed E-state index contributed by atoms with van der Waals surface area (Å²) in [6, 6.07) is 13.6. The van der Waals surface area contributed by atoms with Crippen molar-refractivity contribution >= 4 is 6.47 Å². The highest BCUT2D eigenvalue weighted by Gasteiger charge is 2.13. The highest BCUT2D eigenvalue weighted by molar-refractivity contribution is 5.38. The minimum absolute atomic E-state index is 0.262. The van der Waals surface area contributed by atoms with Crippen LogP contribution < -0.4 is 18.9 Å². The monoisotopic (exact) mass is 304 g/mol. The van der Waals surface area contributed by atoms with Crippen LogP contribution >= 0.6 is 0 Å². The van der Waals surface area contributed by atoms with Crippen LogP contribution in [0.2, 0.25) is 0 Å². The van der Waals surface area contributed by atoms with Crippen molar-refractivity contribution < 1.29 is 28.5 Å². The molecule has 6 nitrogen and oxygen atoms in total. The Morgan fingerprint density at radius 2 is 1.09 bits per heavy atom. The van der Waals surface area contributed by atoms with Crippen molar-refractivity contribution in [2.24, 2.45) is 0 Å². The molecule has 0 aliphatic heterocycles. The molecule has 0 N–H and O–H groups in total. The van der Waals surface area contributed by atoms with Gasteiger partial charge in [0.15, 0.2) is 0 Å². The van der Waals surface area contributed by atoms with Crippen molar-refractivity contribution in [1.29, 1.82) is 0 Å². The van der Waals surface area contributed by atoms with E-state index in [2.05, 4.69) is 0 Å². The molecule has 0 spiro atoms. The summed E-state index contributed by atoms with van der Waals surface area (Å²) < 4.78 is 25.8. The third kappa shape index (κ3) is 4.31. The third-order valence-corrected chi connectivity index (χ3v) is 2.75. The van der Waals surface area contributed by atoms with Crippen LogP contribution in [0.25, 0.3) is 0 Å². The molecule has 0 radical (unpaired) electrons. The fraction of sp³-hybridized carbons (Fsp3) is 0.188. The van der Waals surface area contributed by atoms with E-state index in [0.29, 0.717) is 23.0 Å². The van der Waals surface area contributed by atoms with Crippen LogP contribution in [0, 0.1) is 0 Å². The molecule has 0 aromatic heterocycles. The summed E-state index contributed by atoms with van der Waals surface area (Å²) in [6.07, 6.45) is 0. The Bertz CT molecular complexity index is 529. The molecule has 0 saturated heterocycles. The Morgan fingerprint density at radius 3 is 1.41 bits per heavy atom. The van der Waals surface area contributed by atoms with Crippen molar-refractivity contribution in [3.63, 3.8) is 0 Å². The van der Waals surface area contributed by atoms with Crippen molar-refractivity contribution in [2.75, 3.05) is 14.2 Å². The Kier molecular flexibility index (Phi) is 5.48. The van der Waals surface area contributed by atoms with Crippen molar-refractivity contribution in [3.05, 3.63) is 48.5 Å². The second-order valence-electron chi connectivity index (χ2n) is 4.11. The van der Waals surface area contributed by atoms with Gasteiger partial charge in [0, 0.05) is 0 Å². The smallest absolute Gasteiger partial charge is 0.408 e. The average Bonchev–Trinajstić information content (AvgIpc) is 2.56. The number of hydrogen-bond donors (Lipinski definition) is 0. The van der Waals surface area contributed by atoms with Crippen LogP contribution in [0.5, 0.6) is 23.0 Å². The summed E-state index contributed by atoms with van der Waals surface area (Å²) in [7, 11) is 3.14. The summed E-state index contributed by atoms with van der Waals surface area (Å²) in [5.41, 5.74) is 0. The molecule has 116 valence electrons. The molecule has 0 bridgehead atoms. The van der Waals surface area contributed by atoms with Gasteiger partial charge in [-0.25, -0.2) is 0 Å². The lowest BCUT2D eigenvalue weighted by molar-refractivity contribution is -0.193. The first-order chi connectivity index (χ1) is 10.7. The third-order valence-electron chi connectivity index (χ3n) is 2.75. The van der Waals surface area contributed by atoms with E-state index in [4.69, 9.17) is 23.7 Å². The summed E-state index contributed by atoms with van der Waals surface area (Å²) in [5, 5.41) is 0. The van der Waals surface area contributed by atoms with Gasteiger partial charge in [-0.05, 0) is 48.5 Å². The minimum Gasteiger partial charge on any atom is -0.497 e. The molecule has 2 rings (SSSR count).